The fourth-order valence-electron chi connectivity index (χ4n) is 4.00. The van der Waals surface area contributed by atoms with Crippen LogP contribution in [0.25, 0.3) is 0 Å². The number of carbonyl (C=O) groups excluding carboxylic acids is 1. The third kappa shape index (κ3) is 4.28. The summed E-state index contributed by atoms with van der Waals surface area (Å²) in [5.41, 5.74) is 2.78. The summed E-state index contributed by atoms with van der Waals surface area (Å²) in [7, 11) is 3.97. The molecule has 2 aromatic rings. The summed E-state index contributed by atoms with van der Waals surface area (Å²) >= 11 is 0. The molecule has 0 unspecified atom stereocenters. The van der Waals surface area contributed by atoms with E-state index in [1.807, 2.05) is 55.1 Å². The molecule has 0 N–H and O–H groups in total. The molecule has 7 heteroatoms. The van der Waals surface area contributed by atoms with Gasteiger partial charge in [0.05, 0.1) is 0 Å². The van der Waals surface area contributed by atoms with Gasteiger partial charge in [0.15, 0.2) is 0 Å². The second-order valence-electron chi connectivity index (χ2n) is 8.09. The van der Waals surface area contributed by atoms with E-state index in [0.29, 0.717) is 13.1 Å². The molecule has 29 heavy (non-hydrogen) atoms. The van der Waals surface area contributed by atoms with E-state index in [4.69, 9.17) is 4.98 Å². The Balaban J connectivity index is 1.43. The Morgan fingerprint density at radius 1 is 0.931 bits per heavy atom. The van der Waals surface area contributed by atoms with Gasteiger partial charge in [-0.15, -0.1) is 0 Å². The van der Waals surface area contributed by atoms with Gasteiger partial charge in [0.25, 0.3) is 5.91 Å². The minimum Gasteiger partial charge on any atom is -0.378 e. The quantitative estimate of drug-likeness (QED) is 0.794. The maximum atomic E-state index is 13.0. The second kappa shape index (κ2) is 8.27. The predicted molar refractivity (Wildman–Crippen MR) is 117 cm³/mol. The van der Waals surface area contributed by atoms with Gasteiger partial charge >= 0.3 is 0 Å². The lowest BCUT2D eigenvalue weighted by molar-refractivity contribution is 0.0746. The summed E-state index contributed by atoms with van der Waals surface area (Å²) in [6.45, 7) is 7.05. The molecule has 0 atom stereocenters. The molecule has 1 aromatic heterocycles. The topological polar surface area (TPSA) is 55.8 Å². The molecule has 0 bridgehead atoms. The molecule has 0 spiro atoms. The highest BCUT2D eigenvalue weighted by Gasteiger charge is 2.25. The van der Waals surface area contributed by atoms with Crippen molar-refractivity contribution in [2.75, 3.05) is 68.1 Å². The molecule has 2 aliphatic heterocycles. The maximum Gasteiger partial charge on any atom is 0.254 e. The number of aryl methyl sites for hydroxylation is 1. The largest absolute Gasteiger partial charge is 0.378 e. The first-order valence-corrected chi connectivity index (χ1v) is 10.4. The van der Waals surface area contributed by atoms with Crippen LogP contribution in [0.4, 0.5) is 17.5 Å². The van der Waals surface area contributed by atoms with Crippen LogP contribution < -0.4 is 14.7 Å². The van der Waals surface area contributed by atoms with Crippen molar-refractivity contribution >= 4 is 23.4 Å². The van der Waals surface area contributed by atoms with Crippen molar-refractivity contribution in [3.8, 4) is 0 Å². The van der Waals surface area contributed by atoms with Gasteiger partial charge in [-0.1, -0.05) is 6.07 Å². The highest BCUT2D eigenvalue weighted by molar-refractivity contribution is 5.95. The van der Waals surface area contributed by atoms with Gasteiger partial charge in [-0.3, -0.25) is 4.79 Å². The zero-order valence-corrected chi connectivity index (χ0v) is 17.6. The van der Waals surface area contributed by atoms with E-state index in [9.17, 15) is 4.79 Å². The Bertz CT molecular complexity index is 869. The summed E-state index contributed by atoms with van der Waals surface area (Å²) < 4.78 is 0. The Labute approximate surface area is 172 Å². The van der Waals surface area contributed by atoms with Gasteiger partial charge in [-0.25, -0.2) is 4.98 Å². The standard InChI is InChI=1S/C22H30N6O/c1-17-15-20(26-9-4-5-10-26)24-22(23-17)28-13-11-27(12-14-28)21(29)18-7-6-8-19(16-18)25(2)3/h6-8,15-16H,4-5,9-14H2,1-3H3. The van der Waals surface area contributed by atoms with E-state index in [-0.39, 0.29) is 5.91 Å². The summed E-state index contributed by atoms with van der Waals surface area (Å²) in [4.78, 5) is 30.9. The number of aromatic nitrogens is 2. The van der Waals surface area contributed by atoms with Crippen molar-refractivity contribution in [1.82, 2.24) is 14.9 Å². The Morgan fingerprint density at radius 2 is 1.66 bits per heavy atom. The molecule has 4 rings (SSSR count). The maximum absolute atomic E-state index is 13.0. The molecule has 154 valence electrons. The van der Waals surface area contributed by atoms with Crippen molar-refractivity contribution in [1.29, 1.82) is 0 Å². The molecule has 1 aromatic carbocycles. The molecule has 7 nitrogen and oxygen atoms in total. The van der Waals surface area contributed by atoms with E-state index < -0.39 is 0 Å². The molecular formula is C22H30N6O. The van der Waals surface area contributed by atoms with Crippen LogP contribution in [-0.2, 0) is 0 Å². The van der Waals surface area contributed by atoms with Crippen LogP contribution in [0.5, 0.6) is 0 Å². The Morgan fingerprint density at radius 3 is 2.34 bits per heavy atom. The summed E-state index contributed by atoms with van der Waals surface area (Å²) in [6.07, 6.45) is 2.46. The van der Waals surface area contributed by atoms with Crippen molar-refractivity contribution in [3.05, 3.63) is 41.6 Å². The fourth-order valence-corrected chi connectivity index (χ4v) is 4.00. The predicted octanol–water partition coefficient (Wildman–Crippen LogP) is 2.41. The number of piperazine rings is 1. The van der Waals surface area contributed by atoms with Crippen LogP contribution >= 0.6 is 0 Å². The molecular weight excluding hydrogens is 364 g/mol. The average molecular weight is 395 g/mol. The molecule has 2 saturated heterocycles. The van der Waals surface area contributed by atoms with Crippen molar-refractivity contribution < 1.29 is 4.79 Å². The third-order valence-corrected chi connectivity index (χ3v) is 5.72. The first-order chi connectivity index (χ1) is 14.0. The zero-order chi connectivity index (χ0) is 20.4. The minimum atomic E-state index is 0.0938. The third-order valence-electron chi connectivity index (χ3n) is 5.72. The smallest absolute Gasteiger partial charge is 0.254 e. The lowest BCUT2D eigenvalue weighted by Crippen LogP contribution is -2.49. The van der Waals surface area contributed by atoms with Crippen LogP contribution in [0.2, 0.25) is 0 Å². The monoisotopic (exact) mass is 394 g/mol. The second-order valence-corrected chi connectivity index (χ2v) is 8.09. The zero-order valence-electron chi connectivity index (χ0n) is 17.6. The molecule has 0 saturated carbocycles. The fraction of sp³-hybridized carbons (Fsp3) is 0.500. The van der Waals surface area contributed by atoms with Gasteiger partial charge in [0.2, 0.25) is 5.95 Å². The number of hydrogen-bond acceptors (Lipinski definition) is 6. The first kappa shape index (κ1) is 19.5. The highest BCUT2D eigenvalue weighted by Crippen LogP contribution is 2.23. The van der Waals surface area contributed by atoms with E-state index >= 15 is 0 Å². The van der Waals surface area contributed by atoms with E-state index in [1.165, 1.54) is 12.8 Å². The number of carbonyl (C=O) groups is 1. The molecule has 3 heterocycles. The number of amides is 1. The summed E-state index contributed by atoms with van der Waals surface area (Å²) in [5.74, 6) is 1.91. The molecule has 0 aliphatic carbocycles. The van der Waals surface area contributed by atoms with Gasteiger partial charge in [-0.05, 0) is 38.0 Å². The Hall–Kier alpha value is -2.83. The van der Waals surface area contributed by atoms with Gasteiger partial charge in [0, 0.05) is 76.4 Å². The lowest BCUT2D eigenvalue weighted by Gasteiger charge is -2.35. The molecule has 1 amide bonds. The van der Waals surface area contributed by atoms with Gasteiger partial charge < -0.3 is 19.6 Å². The Kier molecular flexibility index (Phi) is 5.56. The normalized spacial score (nSPS) is 17.0. The lowest BCUT2D eigenvalue weighted by atomic mass is 10.1. The molecule has 0 radical (unpaired) electrons. The van der Waals surface area contributed by atoms with Gasteiger partial charge in [0.1, 0.15) is 5.82 Å². The van der Waals surface area contributed by atoms with Crippen LogP contribution in [-0.4, -0.2) is 74.1 Å². The van der Waals surface area contributed by atoms with Crippen LogP contribution in [0, 0.1) is 6.92 Å². The SMILES string of the molecule is Cc1cc(N2CCCC2)nc(N2CCN(C(=O)c3cccc(N(C)C)c3)CC2)n1. The minimum absolute atomic E-state index is 0.0938. The van der Waals surface area contributed by atoms with E-state index in [2.05, 4.69) is 20.9 Å². The van der Waals surface area contributed by atoms with Crippen LogP contribution in [0.15, 0.2) is 30.3 Å². The van der Waals surface area contributed by atoms with Crippen molar-refractivity contribution in [3.63, 3.8) is 0 Å². The van der Waals surface area contributed by atoms with Gasteiger partial charge in [-0.2, -0.15) is 4.98 Å². The summed E-state index contributed by atoms with van der Waals surface area (Å²) in [5, 5.41) is 0. The van der Waals surface area contributed by atoms with E-state index in [0.717, 1.165) is 54.9 Å². The van der Waals surface area contributed by atoms with E-state index in [1.54, 1.807) is 0 Å². The summed E-state index contributed by atoms with van der Waals surface area (Å²) in [6, 6.07) is 9.89. The molecule has 2 aliphatic rings. The van der Waals surface area contributed by atoms with Crippen molar-refractivity contribution in [2.45, 2.75) is 19.8 Å². The number of hydrogen-bond donors (Lipinski definition) is 0. The van der Waals surface area contributed by atoms with Crippen LogP contribution in [0.3, 0.4) is 0 Å². The highest BCUT2D eigenvalue weighted by atomic mass is 16.2. The number of nitrogens with zero attached hydrogens (tertiary/aromatic N) is 6. The molecule has 2 fully saturated rings. The van der Waals surface area contributed by atoms with Crippen LogP contribution in [0.1, 0.15) is 28.9 Å². The number of benzene rings is 1. The number of anilines is 3. The van der Waals surface area contributed by atoms with Crippen molar-refractivity contribution in [2.24, 2.45) is 0 Å². The first-order valence-electron chi connectivity index (χ1n) is 10.4. The number of rotatable bonds is 4. The average Bonchev–Trinajstić information content (AvgIpc) is 3.28.